The standard InChI is InChI=1S/C22H28N2O7S/c1-29-19-14-17(21(25)24-10-6-7-11-24)18(15-20(19)30-2)23-22(26)31-12-13-32(27,28)16-8-4-3-5-9-16/h3-5,8-9,14-15,27-28H,6-7,10-13H2,1-2H3,(H,23,26). The average Bonchev–Trinajstić information content (AvgIpc) is 3.34. The predicted molar refractivity (Wildman–Crippen MR) is 122 cm³/mol. The van der Waals surface area contributed by atoms with Gasteiger partial charge in [0.2, 0.25) is 0 Å². The van der Waals surface area contributed by atoms with Gasteiger partial charge in [0, 0.05) is 19.2 Å². The summed E-state index contributed by atoms with van der Waals surface area (Å²) in [5, 5.41) is 2.57. The van der Waals surface area contributed by atoms with Crippen LogP contribution in [0.4, 0.5) is 10.5 Å². The molecule has 0 saturated carbocycles. The number of hydrogen-bond acceptors (Lipinski definition) is 7. The minimum atomic E-state index is -3.08. The summed E-state index contributed by atoms with van der Waals surface area (Å²) in [7, 11) is -0.162. The molecule has 0 spiro atoms. The van der Waals surface area contributed by atoms with Crippen molar-refractivity contribution in [3.05, 3.63) is 48.0 Å². The Labute approximate surface area is 188 Å². The molecule has 3 N–H and O–H groups in total. The number of ether oxygens (including phenoxy) is 3. The highest BCUT2D eigenvalue weighted by Crippen LogP contribution is 2.47. The van der Waals surface area contributed by atoms with E-state index < -0.39 is 16.7 Å². The molecule has 1 aliphatic rings. The zero-order valence-corrected chi connectivity index (χ0v) is 18.9. The molecule has 0 aliphatic carbocycles. The van der Waals surface area contributed by atoms with Gasteiger partial charge in [0.15, 0.2) is 11.5 Å². The van der Waals surface area contributed by atoms with Crippen LogP contribution in [0.25, 0.3) is 0 Å². The summed E-state index contributed by atoms with van der Waals surface area (Å²) < 4.78 is 36.3. The zero-order chi connectivity index (χ0) is 23.1. The van der Waals surface area contributed by atoms with E-state index in [-0.39, 0.29) is 29.5 Å². The summed E-state index contributed by atoms with van der Waals surface area (Å²) in [6, 6.07) is 11.4. The molecule has 1 heterocycles. The first kappa shape index (κ1) is 23.7. The Kier molecular flexibility index (Phi) is 7.84. The Morgan fingerprint density at radius 3 is 2.28 bits per heavy atom. The number of hydrogen-bond donors (Lipinski definition) is 3. The van der Waals surface area contributed by atoms with E-state index in [1.54, 1.807) is 35.2 Å². The number of benzene rings is 2. The van der Waals surface area contributed by atoms with E-state index in [1.165, 1.54) is 26.4 Å². The molecule has 2 aromatic carbocycles. The van der Waals surface area contributed by atoms with Gasteiger partial charge in [-0.1, -0.05) is 18.2 Å². The molecule has 32 heavy (non-hydrogen) atoms. The second kappa shape index (κ2) is 10.6. The average molecular weight is 465 g/mol. The summed E-state index contributed by atoms with van der Waals surface area (Å²) in [5.74, 6) is 0.345. The highest BCUT2D eigenvalue weighted by atomic mass is 32.3. The van der Waals surface area contributed by atoms with Crippen molar-refractivity contribution in [1.29, 1.82) is 0 Å². The second-order valence-electron chi connectivity index (χ2n) is 7.20. The number of nitrogens with zero attached hydrogens (tertiary/aromatic N) is 1. The molecule has 2 amide bonds. The third kappa shape index (κ3) is 5.64. The molecule has 0 atom stereocenters. The molecule has 0 unspecified atom stereocenters. The molecule has 1 fully saturated rings. The maximum Gasteiger partial charge on any atom is 0.411 e. The van der Waals surface area contributed by atoms with Crippen LogP contribution in [-0.4, -0.2) is 65.7 Å². The van der Waals surface area contributed by atoms with Crippen molar-refractivity contribution in [2.24, 2.45) is 0 Å². The number of rotatable bonds is 8. The van der Waals surface area contributed by atoms with Crippen molar-refractivity contribution in [3.63, 3.8) is 0 Å². The summed E-state index contributed by atoms with van der Waals surface area (Å²) in [4.78, 5) is 27.5. The van der Waals surface area contributed by atoms with Gasteiger partial charge >= 0.3 is 6.09 Å². The van der Waals surface area contributed by atoms with Gasteiger partial charge in [-0.2, -0.15) is 10.6 Å². The summed E-state index contributed by atoms with van der Waals surface area (Å²) >= 11 is 0. The smallest absolute Gasteiger partial charge is 0.411 e. The first-order valence-corrected chi connectivity index (χ1v) is 11.9. The Balaban J connectivity index is 1.70. The lowest BCUT2D eigenvalue weighted by molar-refractivity contribution is 0.0793. The molecule has 1 aliphatic heterocycles. The monoisotopic (exact) mass is 464 g/mol. The molecule has 9 nitrogen and oxygen atoms in total. The van der Waals surface area contributed by atoms with Gasteiger partial charge in [-0.05, 0) is 31.0 Å². The van der Waals surface area contributed by atoms with Gasteiger partial charge in [-0.3, -0.25) is 19.2 Å². The van der Waals surface area contributed by atoms with Crippen LogP contribution in [0.2, 0.25) is 0 Å². The molecule has 3 rings (SSSR count). The summed E-state index contributed by atoms with van der Waals surface area (Å²) in [5.41, 5.74) is 0.481. The van der Waals surface area contributed by atoms with Gasteiger partial charge < -0.3 is 19.1 Å². The number of carbonyl (C=O) groups excluding carboxylic acids is 2. The van der Waals surface area contributed by atoms with E-state index in [9.17, 15) is 18.7 Å². The predicted octanol–water partition coefficient (Wildman–Crippen LogP) is 4.30. The molecule has 10 heteroatoms. The summed E-state index contributed by atoms with van der Waals surface area (Å²) in [6.07, 6.45) is 1.03. The van der Waals surface area contributed by atoms with E-state index in [0.717, 1.165) is 12.8 Å². The van der Waals surface area contributed by atoms with Crippen LogP contribution in [0.1, 0.15) is 23.2 Å². The van der Waals surface area contributed by atoms with E-state index >= 15 is 0 Å². The Bertz CT molecular complexity index is 947. The Morgan fingerprint density at radius 1 is 1.03 bits per heavy atom. The maximum absolute atomic E-state index is 13.0. The second-order valence-corrected chi connectivity index (χ2v) is 9.41. The quantitative estimate of drug-likeness (QED) is 0.533. The fourth-order valence-electron chi connectivity index (χ4n) is 3.40. The lowest BCUT2D eigenvalue weighted by atomic mass is 10.1. The SMILES string of the molecule is COc1cc(NC(=O)OCCS(O)(O)c2ccccc2)c(C(=O)N2CCCC2)cc1OC. The first-order chi connectivity index (χ1) is 15.4. The third-order valence-corrected chi connectivity index (χ3v) is 6.87. The molecular weight excluding hydrogens is 436 g/mol. The molecule has 0 aromatic heterocycles. The lowest BCUT2D eigenvalue weighted by Gasteiger charge is -2.31. The first-order valence-electron chi connectivity index (χ1n) is 10.2. The number of nitrogens with one attached hydrogen (secondary N) is 1. The number of carbonyl (C=O) groups is 2. The minimum Gasteiger partial charge on any atom is -0.493 e. The van der Waals surface area contributed by atoms with Crippen molar-refractivity contribution in [1.82, 2.24) is 4.90 Å². The van der Waals surface area contributed by atoms with Crippen molar-refractivity contribution in [2.75, 3.05) is 45.0 Å². The van der Waals surface area contributed by atoms with Crippen molar-refractivity contribution in [2.45, 2.75) is 17.7 Å². The van der Waals surface area contributed by atoms with Crippen molar-refractivity contribution >= 4 is 28.3 Å². The van der Waals surface area contributed by atoms with Crippen LogP contribution in [0, 0.1) is 0 Å². The van der Waals surface area contributed by atoms with E-state index in [2.05, 4.69) is 5.32 Å². The van der Waals surface area contributed by atoms with Gasteiger partial charge in [0.25, 0.3) is 5.91 Å². The van der Waals surface area contributed by atoms with Crippen LogP contribution in [0.3, 0.4) is 0 Å². The number of amides is 2. The number of likely N-dealkylation sites (tertiary alicyclic amines) is 1. The van der Waals surface area contributed by atoms with Crippen LogP contribution in [0.15, 0.2) is 47.4 Å². The number of methoxy groups -OCH3 is 2. The topological polar surface area (TPSA) is 118 Å². The highest BCUT2D eigenvalue weighted by molar-refractivity contribution is 8.24. The van der Waals surface area contributed by atoms with Crippen LogP contribution in [0.5, 0.6) is 11.5 Å². The fourth-order valence-corrected chi connectivity index (χ4v) is 4.55. The lowest BCUT2D eigenvalue weighted by Crippen LogP contribution is -2.29. The van der Waals surface area contributed by atoms with Gasteiger partial charge in [-0.15, -0.1) is 0 Å². The van der Waals surface area contributed by atoms with Gasteiger partial charge in [0.05, 0.1) is 36.1 Å². The Hall–Kier alpha value is -2.95. The molecule has 2 aromatic rings. The zero-order valence-electron chi connectivity index (χ0n) is 18.1. The normalized spacial score (nSPS) is 14.1. The number of anilines is 1. The largest absolute Gasteiger partial charge is 0.493 e. The van der Waals surface area contributed by atoms with Gasteiger partial charge in [-0.25, -0.2) is 4.79 Å². The molecule has 0 bridgehead atoms. The van der Waals surface area contributed by atoms with E-state index in [4.69, 9.17) is 14.2 Å². The minimum absolute atomic E-state index is 0.143. The van der Waals surface area contributed by atoms with Crippen LogP contribution in [-0.2, 0) is 4.74 Å². The molecular formula is C22H28N2O7S. The van der Waals surface area contributed by atoms with Gasteiger partial charge in [0.1, 0.15) is 6.61 Å². The highest BCUT2D eigenvalue weighted by Gasteiger charge is 2.25. The van der Waals surface area contributed by atoms with Crippen molar-refractivity contribution in [3.8, 4) is 11.5 Å². The maximum atomic E-state index is 13.0. The molecule has 1 saturated heterocycles. The van der Waals surface area contributed by atoms with E-state index in [1.807, 2.05) is 0 Å². The third-order valence-electron chi connectivity index (χ3n) is 5.11. The van der Waals surface area contributed by atoms with Crippen molar-refractivity contribution < 1.29 is 32.9 Å². The van der Waals surface area contributed by atoms with Crippen LogP contribution < -0.4 is 14.8 Å². The summed E-state index contributed by atoms with van der Waals surface area (Å²) in [6.45, 7) is 1.08. The van der Waals surface area contributed by atoms with E-state index in [0.29, 0.717) is 29.5 Å². The molecule has 0 radical (unpaired) electrons. The fraction of sp³-hybridized carbons (Fsp3) is 0.364. The Morgan fingerprint density at radius 2 is 1.66 bits per heavy atom. The molecule has 174 valence electrons. The van der Waals surface area contributed by atoms with Crippen LogP contribution >= 0.6 is 10.6 Å².